The zero-order valence-corrected chi connectivity index (χ0v) is 15.2. The number of fused-ring (bicyclic) bond motifs is 1. The van der Waals surface area contributed by atoms with Gasteiger partial charge in [-0.15, -0.1) is 4.72 Å². The van der Waals surface area contributed by atoms with E-state index in [1.807, 2.05) is 6.07 Å². The highest BCUT2D eigenvalue weighted by Crippen LogP contribution is 2.33. The van der Waals surface area contributed by atoms with Crippen LogP contribution in [0, 0.1) is 5.82 Å². The Hall–Kier alpha value is -1.80. The van der Waals surface area contributed by atoms with Gasteiger partial charge >= 0.3 is 0 Å². The van der Waals surface area contributed by atoms with Gasteiger partial charge in [-0.25, -0.2) is 4.39 Å². The van der Waals surface area contributed by atoms with E-state index in [4.69, 9.17) is 0 Å². The van der Waals surface area contributed by atoms with Crippen molar-refractivity contribution in [1.82, 2.24) is 9.62 Å². The smallest absolute Gasteiger partial charge is 0.198 e. The third kappa shape index (κ3) is 3.53. The van der Waals surface area contributed by atoms with Gasteiger partial charge in [0.25, 0.3) is 0 Å². The average Bonchev–Trinajstić information content (AvgIpc) is 2.72. The van der Waals surface area contributed by atoms with Crippen molar-refractivity contribution >= 4 is 16.1 Å². The fraction of sp³-hybridized carbons (Fsp3) is 0.368. The first-order chi connectivity index (χ1) is 12.5. The van der Waals surface area contributed by atoms with E-state index in [1.165, 1.54) is 12.1 Å². The van der Waals surface area contributed by atoms with E-state index >= 15 is 0 Å². The minimum Gasteiger partial charge on any atom is -0.593 e. The van der Waals surface area contributed by atoms with Gasteiger partial charge in [0.1, 0.15) is 5.82 Å². The highest BCUT2D eigenvalue weighted by molar-refractivity contribution is 7.96. The number of piperidine rings is 1. The molecule has 0 aliphatic carbocycles. The number of nitrogens with one attached hydrogen (secondary N) is 2. The van der Waals surface area contributed by atoms with Crippen LogP contribution in [0.1, 0.15) is 18.4 Å². The molecule has 1 saturated heterocycles. The van der Waals surface area contributed by atoms with Crippen LogP contribution < -0.4 is 10.0 Å². The quantitative estimate of drug-likeness (QED) is 0.792. The van der Waals surface area contributed by atoms with Crippen LogP contribution in [0.25, 0.3) is 0 Å². The summed E-state index contributed by atoms with van der Waals surface area (Å²) in [6.07, 6.45) is 1.69. The van der Waals surface area contributed by atoms with Crippen molar-refractivity contribution in [2.24, 2.45) is 0 Å². The summed E-state index contributed by atoms with van der Waals surface area (Å²) in [5.74, 6) is -0.248. The lowest BCUT2D eigenvalue weighted by Gasteiger charge is -2.42. The van der Waals surface area contributed by atoms with Crippen molar-refractivity contribution in [2.45, 2.75) is 29.8 Å². The zero-order chi connectivity index (χ0) is 18.2. The second kappa shape index (κ2) is 6.74. The monoisotopic (exact) mass is 375 g/mol. The van der Waals surface area contributed by atoms with Gasteiger partial charge < -0.3 is 9.87 Å². The van der Waals surface area contributed by atoms with Crippen molar-refractivity contribution in [1.29, 1.82) is 0 Å². The molecule has 2 aliphatic rings. The van der Waals surface area contributed by atoms with Gasteiger partial charge in [0.15, 0.2) is 15.3 Å². The van der Waals surface area contributed by atoms with Crippen LogP contribution in [-0.2, 0) is 21.2 Å². The SMILES string of the molecule is O=[S+]1([O-])NC2(CCCN(Cc3ccc(F)cc3)C2)CNc2ccccc21. The molecule has 2 N–H and O–H groups in total. The maximum atomic E-state index is 13.1. The summed E-state index contributed by atoms with van der Waals surface area (Å²) in [5.41, 5.74) is 1.12. The lowest BCUT2D eigenvalue weighted by Crippen LogP contribution is -2.62. The second-order valence-corrected chi connectivity index (χ2v) is 8.83. The molecule has 1 spiro atoms. The Kier molecular flexibility index (Phi) is 4.56. The number of hydrogen-bond acceptors (Lipinski definition) is 4. The molecular formula is C19H22FN3O2S. The fourth-order valence-electron chi connectivity index (χ4n) is 3.93. The van der Waals surface area contributed by atoms with E-state index in [9.17, 15) is 13.2 Å². The van der Waals surface area contributed by atoms with Gasteiger partial charge in [-0.2, -0.15) is 0 Å². The van der Waals surface area contributed by atoms with Gasteiger partial charge in [-0.05, 0) is 49.2 Å². The van der Waals surface area contributed by atoms with Crippen LogP contribution in [0.3, 0.4) is 0 Å². The van der Waals surface area contributed by atoms with Crippen molar-refractivity contribution in [3.05, 3.63) is 59.9 Å². The van der Waals surface area contributed by atoms with Gasteiger partial charge in [0.2, 0.25) is 0 Å². The third-order valence-corrected chi connectivity index (χ3v) is 6.76. The summed E-state index contributed by atoms with van der Waals surface area (Å²) < 4.78 is 41.8. The number of hydrogen-bond donors (Lipinski definition) is 2. The number of anilines is 1. The van der Waals surface area contributed by atoms with E-state index in [1.54, 1.807) is 30.3 Å². The molecule has 2 unspecified atom stereocenters. The van der Waals surface area contributed by atoms with Gasteiger partial charge in [0, 0.05) is 19.6 Å². The van der Waals surface area contributed by atoms with Crippen LogP contribution >= 0.6 is 0 Å². The predicted octanol–water partition coefficient (Wildman–Crippen LogP) is 2.78. The number of rotatable bonds is 2. The molecule has 1 fully saturated rings. The predicted molar refractivity (Wildman–Crippen MR) is 98.8 cm³/mol. The molecular weight excluding hydrogens is 353 g/mol. The zero-order valence-electron chi connectivity index (χ0n) is 14.4. The number of nitrogens with zero attached hydrogens (tertiary/aromatic N) is 1. The van der Waals surface area contributed by atoms with E-state index in [-0.39, 0.29) is 5.82 Å². The molecule has 2 heterocycles. The van der Waals surface area contributed by atoms with Crippen molar-refractivity contribution < 1.29 is 13.2 Å². The molecule has 5 nitrogen and oxygen atoms in total. The topological polar surface area (TPSA) is 67.4 Å². The molecule has 26 heavy (non-hydrogen) atoms. The van der Waals surface area contributed by atoms with E-state index in [0.29, 0.717) is 30.2 Å². The Bertz CT molecular complexity index is 845. The van der Waals surface area contributed by atoms with Crippen molar-refractivity contribution in [3.63, 3.8) is 0 Å². The van der Waals surface area contributed by atoms with E-state index in [0.717, 1.165) is 24.9 Å². The summed E-state index contributed by atoms with van der Waals surface area (Å²) in [6, 6.07) is 13.5. The minimum absolute atomic E-state index is 0.248. The van der Waals surface area contributed by atoms with Crippen LogP contribution in [0.2, 0.25) is 0 Å². The van der Waals surface area contributed by atoms with Crippen molar-refractivity contribution in [2.75, 3.05) is 25.0 Å². The molecule has 0 radical (unpaired) electrons. The largest absolute Gasteiger partial charge is 0.593 e. The molecule has 0 amide bonds. The number of halogens is 1. The lowest BCUT2D eigenvalue weighted by molar-refractivity contribution is 0.137. The Balaban J connectivity index is 1.55. The maximum absolute atomic E-state index is 13.1. The summed E-state index contributed by atoms with van der Waals surface area (Å²) in [7, 11) is -3.58. The molecule has 2 aliphatic heterocycles. The van der Waals surface area contributed by atoms with Gasteiger partial charge in [0.05, 0.1) is 11.2 Å². The summed E-state index contributed by atoms with van der Waals surface area (Å²) in [5, 5.41) is 3.32. The number of likely N-dealkylation sites (tertiary alicyclic amines) is 1. The molecule has 4 rings (SSSR count). The number of benzene rings is 2. The minimum atomic E-state index is -3.58. The number of para-hydroxylation sites is 1. The molecule has 0 bridgehead atoms. The van der Waals surface area contributed by atoms with Gasteiger partial charge in [-0.1, -0.05) is 28.5 Å². The molecule has 2 aromatic carbocycles. The maximum Gasteiger partial charge on any atom is 0.198 e. The molecule has 138 valence electrons. The highest BCUT2D eigenvalue weighted by Gasteiger charge is 2.44. The first-order valence-electron chi connectivity index (χ1n) is 8.80. The third-order valence-electron chi connectivity index (χ3n) is 5.12. The van der Waals surface area contributed by atoms with Crippen LogP contribution in [0.4, 0.5) is 10.1 Å². The normalized spacial score (nSPS) is 29.0. The van der Waals surface area contributed by atoms with E-state index < -0.39 is 15.9 Å². The first-order valence-corrected chi connectivity index (χ1v) is 10.3. The average molecular weight is 375 g/mol. The Morgan fingerprint density at radius 2 is 1.96 bits per heavy atom. The fourth-order valence-corrected chi connectivity index (χ4v) is 5.53. The summed E-state index contributed by atoms with van der Waals surface area (Å²) in [6.45, 7) is 2.73. The van der Waals surface area contributed by atoms with Crippen LogP contribution in [0.15, 0.2) is 53.4 Å². The summed E-state index contributed by atoms with van der Waals surface area (Å²) in [4.78, 5) is 2.53. The Morgan fingerprint density at radius 3 is 2.77 bits per heavy atom. The second-order valence-electron chi connectivity index (χ2n) is 7.18. The lowest BCUT2D eigenvalue weighted by atomic mass is 9.89. The Labute approximate surface area is 154 Å². The summed E-state index contributed by atoms with van der Waals surface area (Å²) >= 11 is 0. The Morgan fingerprint density at radius 1 is 1.19 bits per heavy atom. The molecule has 0 aromatic heterocycles. The van der Waals surface area contributed by atoms with E-state index in [2.05, 4.69) is 14.9 Å². The molecule has 0 saturated carbocycles. The molecule has 7 heteroatoms. The number of sulfonamides is 1. The highest BCUT2D eigenvalue weighted by atomic mass is 32.3. The first kappa shape index (κ1) is 17.6. The van der Waals surface area contributed by atoms with Gasteiger partial charge in [-0.3, -0.25) is 4.90 Å². The van der Waals surface area contributed by atoms with Crippen LogP contribution in [0.5, 0.6) is 0 Å². The molecule has 2 aromatic rings. The molecule has 2 atom stereocenters. The van der Waals surface area contributed by atoms with Crippen molar-refractivity contribution in [3.8, 4) is 0 Å². The standard InChI is InChI=1S/C19H22FN3O2S/c20-16-8-6-15(7-9-16)12-23-11-3-10-19(14-23)13-21-17-4-1-2-5-18(17)26(24,25)22-19/h1-2,4-9,21H,3,10-14H2,(H-,22,24,25). The van der Waals surface area contributed by atoms with Crippen LogP contribution in [-0.4, -0.2) is 34.6 Å².